The molecule has 0 saturated heterocycles. The van der Waals surface area contributed by atoms with Gasteiger partial charge in [-0.3, -0.25) is 0 Å². The summed E-state index contributed by atoms with van der Waals surface area (Å²) in [5.41, 5.74) is 2.51. The molecule has 0 radical (unpaired) electrons. The lowest BCUT2D eigenvalue weighted by atomic mass is 9.92. The van der Waals surface area contributed by atoms with Gasteiger partial charge in [-0.15, -0.1) is 0 Å². The summed E-state index contributed by atoms with van der Waals surface area (Å²) >= 11 is 5.97. The second kappa shape index (κ2) is 4.67. The quantitative estimate of drug-likeness (QED) is 0.675. The van der Waals surface area contributed by atoms with Crippen LogP contribution in [0.5, 0.6) is 0 Å². The molecule has 1 atom stereocenters. The van der Waals surface area contributed by atoms with Crippen LogP contribution in [0.25, 0.3) is 5.57 Å². The predicted octanol–water partition coefficient (Wildman–Crippen LogP) is 4.71. The molecule has 0 amide bonds. The van der Waals surface area contributed by atoms with Crippen molar-refractivity contribution in [2.45, 2.75) is 19.8 Å². The fourth-order valence-electron chi connectivity index (χ4n) is 1.85. The van der Waals surface area contributed by atoms with Gasteiger partial charge in [0.15, 0.2) is 0 Å². The highest BCUT2D eigenvalue weighted by atomic mass is 35.5. The SMILES string of the molecule is CCC1C=CC(c2cccc(Cl)c2)=CC1. The Labute approximate surface area is 96.3 Å². The van der Waals surface area contributed by atoms with Crippen molar-refractivity contribution in [3.63, 3.8) is 0 Å². The van der Waals surface area contributed by atoms with E-state index in [1.54, 1.807) is 0 Å². The molecule has 1 aromatic rings. The van der Waals surface area contributed by atoms with Crippen molar-refractivity contribution in [3.8, 4) is 0 Å². The molecule has 0 bridgehead atoms. The minimum Gasteiger partial charge on any atom is -0.0843 e. The number of benzene rings is 1. The summed E-state index contributed by atoms with van der Waals surface area (Å²) in [6.07, 6.45) is 9.18. The minimum absolute atomic E-state index is 0.716. The van der Waals surface area contributed by atoms with Crippen molar-refractivity contribution in [1.29, 1.82) is 0 Å². The van der Waals surface area contributed by atoms with Crippen LogP contribution in [0.3, 0.4) is 0 Å². The van der Waals surface area contributed by atoms with Gasteiger partial charge in [-0.25, -0.2) is 0 Å². The summed E-state index contributed by atoms with van der Waals surface area (Å²) in [7, 11) is 0. The minimum atomic E-state index is 0.716. The van der Waals surface area contributed by atoms with Crippen LogP contribution in [0.2, 0.25) is 5.02 Å². The molecule has 0 fully saturated rings. The van der Waals surface area contributed by atoms with Crippen LogP contribution < -0.4 is 0 Å². The second-order valence-corrected chi connectivity index (χ2v) is 4.37. The van der Waals surface area contributed by atoms with E-state index in [4.69, 9.17) is 11.6 Å². The van der Waals surface area contributed by atoms with Gasteiger partial charge in [0.2, 0.25) is 0 Å². The first kappa shape index (κ1) is 10.5. The lowest BCUT2D eigenvalue weighted by Gasteiger charge is -2.14. The average molecular weight is 219 g/mol. The van der Waals surface area contributed by atoms with Gasteiger partial charge in [0.25, 0.3) is 0 Å². The Balaban J connectivity index is 2.20. The monoisotopic (exact) mass is 218 g/mol. The third-order valence-electron chi connectivity index (χ3n) is 2.87. The first-order valence-electron chi connectivity index (χ1n) is 5.44. The smallest absolute Gasteiger partial charge is 0.0412 e. The normalized spacial score (nSPS) is 20.1. The van der Waals surface area contributed by atoms with E-state index in [1.165, 1.54) is 17.6 Å². The Bertz CT molecular complexity index is 402. The number of halogens is 1. The maximum atomic E-state index is 5.97. The second-order valence-electron chi connectivity index (χ2n) is 3.93. The molecule has 1 unspecified atom stereocenters. The molecule has 0 spiro atoms. The lowest BCUT2D eigenvalue weighted by Crippen LogP contribution is -1.97. The van der Waals surface area contributed by atoms with Crippen LogP contribution in [0, 0.1) is 5.92 Å². The lowest BCUT2D eigenvalue weighted by molar-refractivity contribution is 0.634. The molecular formula is C14H15Cl. The van der Waals surface area contributed by atoms with Crippen molar-refractivity contribution < 1.29 is 0 Å². The standard InChI is InChI=1S/C14H15Cl/c1-2-11-6-8-12(9-7-11)13-4-3-5-14(15)10-13/h3-6,8-11H,2,7H2,1H3. The Morgan fingerprint density at radius 2 is 2.27 bits per heavy atom. The third kappa shape index (κ3) is 2.51. The molecule has 1 heteroatoms. The van der Waals surface area contributed by atoms with Gasteiger partial charge >= 0.3 is 0 Å². The molecule has 0 nitrogen and oxygen atoms in total. The first-order valence-corrected chi connectivity index (χ1v) is 5.81. The molecule has 0 aliphatic heterocycles. The largest absolute Gasteiger partial charge is 0.0843 e. The number of hydrogen-bond donors (Lipinski definition) is 0. The van der Waals surface area contributed by atoms with Gasteiger partial charge in [-0.2, -0.15) is 0 Å². The van der Waals surface area contributed by atoms with Crippen molar-refractivity contribution in [3.05, 3.63) is 53.1 Å². The molecule has 0 heterocycles. The van der Waals surface area contributed by atoms with E-state index in [2.05, 4.69) is 31.2 Å². The maximum Gasteiger partial charge on any atom is 0.0412 e. The topological polar surface area (TPSA) is 0 Å². The van der Waals surface area contributed by atoms with Crippen LogP contribution in [0.4, 0.5) is 0 Å². The Kier molecular flexibility index (Phi) is 3.27. The van der Waals surface area contributed by atoms with Crippen molar-refractivity contribution in [2.24, 2.45) is 5.92 Å². The molecule has 1 aliphatic carbocycles. The zero-order valence-electron chi connectivity index (χ0n) is 8.91. The molecule has 0 aromatic heterocycles. The highest BCUT2D eigenvalue weighted by Gasteiger charge is 2.07. The van der Waals surface area contributed by atoms with Gasteiger partial charge in [-0.05, 0) is 42.0 Å². The summed E-state index contributed by atoms with van der Waals surface area (Å²) in [4.78, 5) is 0. The molecule has 0 N–H and O–H groups in total. The predicted molar refractivity (Wildman–Crippen MR) is 67.0 cm³/mol. The highest BCUT2D eigenvalue weighted by molar-refractivity contribution is 6.30. The molecular weight excluding hydrogens is 204 g/mol. The Morgan fingerprint density at radius 3 is 2.87 bits per heavy atom. The van der Waals surface area contributed by atoms with E-state index >= 15 is 0 Å². The Hall–Kier alpha value is -1.01. The zero-order chi connectivity index (χ0) is 10.7. The van der Waals surface area contributed by atoms with E-state index in [0.717, 1.165) is 11.4 Å². The van der Waals surface area contributed by atoms with Gasteiger partial charge in [0.1, 0.15) is 0 Å². The van der Waals surface area contributed by atoms with Crippen LogP contribution in [-0.2, 0) is 0 Å². The van der Waals surface area contributed by atoms with Gasteiger partial charge in [-0.1, -0.05) is 48.9 Å². The maximum absolute atomic E-state index is 5.97. The van der Waals surface area contributed by atoms with Gasteiger partial charge < -0.3 is 0 Å². The summed E-state index contributed by atoms with van der Waals surface area (Å²) < 4.78 is 0. The molecule has 1 aromatic carbocycles. The van der Waals surface area contributed by atoms with E-state index in [9.17, 15) is 0 Å². The highest BCUT2D eigenvalue weighted by Crippen LogP contribution is 2.26. The van der Waals surface area contributed by atoms with Gasteiger partial charge in [0, 0.05) is 5.02 Å². The summed E-state index contributed by atoms with van der Waals surface area (Å²) in [5, 5.41) is 0.805. The fraction of sp³-hybridized carbons (Fsp3) is 0.286. The first-order chi connectivity index (χ1) is 7.29. The Morgan fingerprint density at radius 1 is 1.40 bits per heavy atom. The molecule has 0 saturated carbocycles. The van der Waals surface area contributed by atoms with Crippen LogP contribution >= 0.6 is 11.6 Å². The number of allylic oxidation sites excluding steroid dienone is 4. The number of hydrogen-bond acceptors (Lipinski definition) is 0. The molecule has 1 aliphatic rings. The molecule has 2 rings (SSSR count). The summed E-state index contributed by atoms with van der Waals surface area (Å²) in [6, 6.07) is 8.03. The molecule has 78 valence electrons. The van der Waals surface area contributed by atoms with Crippen molar-refractivity contribution in [1.82, 2.24) is 0 Å². The average Bonchev–Trinajstić information content (AvgIpc) is 2.29. The summed E-state index contributed by atoms with van der Waals surface area (Å²) in [6.45, 7) is 2.23. The van der Waals surface area contributed by atoms with E-state index < -0.39 is 0 Å². The third-order valence-corrected chi connectivity index (χ3v) is 3.11. The fourth-order valence-corrected chi connectivity index (χ4v) is 2.04. The van der Waals surface area contributed by atoms with Crippen molar-refractivity contribution in [2.75, 3.05) is 0 Å². The molecule has 15 heavy (non-hydrogen) atoms. The number of rotatable bonds is 2. The van der Waals surface area contributed by atoms with Crippen LogP contribution in [-0.4, -0.2) is 0 Å². The van der Waals surface area contributed by atoms with Crippen molar-refractivity contribution >= 4 is 17.2 Å². The zero-order valence-corrected chi connectivity index (χ0v) is 9.67. The van der Waals surface area contributed by atoms with Crippen LogP contribution in [0.15, 0.2) is 42.5 Å². The van der Waals surface area contributed by atoms with Crippen LogP contribution in [0.1, 0.15) is 25.3 Å². The van der Waals surface area contributed by atoms with E-state index in [1.807, 2.05) is 18.2 Å². The summed E-state index contributed by atoms with van der Waals surface area (Å²) in [5.74, 6) is 0.716. The van der Waals surface area contributed by atoms with Gasteiger partial charge in [0.05, 0.1) is 0 Å². The van der Waals surface area contributed by atoms with E-state index in [-0.39, 0.29) is 0 Å². The van der Waals surface area contributed by atoms with E-state index in [0.29, 0.717) is 5.92 Å².